The Morgan fingerprint density at radius 3 is 2.93 bits per heavy atom. The van der Waals surface area contributed by atoms with E-state index in [1.807, 2.05) is 45.4 Å². The Balaban J connectivity index is 0. The number of hydrogen-bond acceptors (Lipinski definition) is 4. The summed E-state index contributed by atoms with van der Waals surface area (Å²) >= 11 is 0. The predicted octanol–water partition coefficient (Wildman–Crippen LogP) is 3.36. The largest absolute Gasteiger partial charge is 0.325 e. The van der Waals surface area contributed by atoms with Gasteiger partial charge in [-0.3, -0.25) is 10.3 Å². The van der Waals surface area contributed by atoms with Crippen LogP contribution in [-0.4, -0.2) is 43.5 Å². The topological polar surface area (TPSA) is 89.9 Å². The monoisotopic (exact) mass is 377 g/mol. The number of carbonyl (C=O) groups excluding carboxylic acids is 1. The second-order valence-electron chi connectivity index (χ2n) is 7.33. The summed E-state index contributed by atoms with van der Waals surface area (Å²) < 4.78 is 0. The number of nitrogens with one attached hydrogen (secondary N) is 4. The van der Waals surface area contributed by atoms with Crippen LogP contribution in [0.3, 0.4) is 0 Å². The Morgan fingerprint density at radius 2 is 2.19 bits per heavy atom. The zero-order valence-corrected chi connectivity index (χ0v) is 16.3. The molecule has 2 heterocycles. The van der Waals surface area contributed by atoms with Crippen LogP contribution in [0.2, 0.25) is 0 Å². The Morgan fingerprint density at radius 1 is 1.33 bits per heavy atom. The quantitative estimate of drug-likeness (QED) is 0.651. The van der Waals surface area contributed by atoms with E-state index in [0.29, 0.717) is 11.9 Å². The number of benzene rings is 1. The smallest absolute Gasteiger partial charge is 0.316 e. The SMILES string of the molecule is Cc1ccc(NC(=O)NC2=NC(C)[CH]C(=NCC3CCCNC3)N2)cc1C.[HH].[HH].[HH].[HH]. The van der Waals surface area contributed by atoms with Crippen molar-refractivity contribution in [3.63, 3.8) is 0 Å². The molecule has 0 spiro atoms. The van der Waals surface area contributed by atoms with Crippen LogP contribution in [0.4, 0.5) is 10.5 Å². The van der Waals surface area contributed by atoms with E-state index in [4.69, 9.17) is 0 Å². The van der Waals surface area contributed by atoms with Crippen molar-refractivity contribution in [1.82, 2.24) is 16.0 Å². The van der Waals surface area contributed by atoms with E-state index in [1.54, 1.807) is 0 Å². The summed E-state index contributed by atoms with van der Waals surface area (Å²) in [6.45, 7) is 8.94. The van der Waals surface area contributed by atoms with Gasteiger partial charge in [0.2, 0.25) is 5.96 Å². The Labute approximate surface area is 167 Å². The van der Waals surface area contributed by atoms with Crippen LogP contribution >= 0.6 is 0 Å². The maximum Gasteiger partial charge on any atom is 0.325 e. The van der Waals surface area contributed by atoms with Crippen LogP contribution in [-0.2, 0) is 0 Å². The van der Waals surface area contributed by atoms with E-state index in [9.17, 15) is 4.79 Å². The summed E-state index contributed by atoms with van der Waals surface area (Å²) in [5.74, 6) is 1.76. The number of carbonyl (C=O) groups is 1. The first kappa shape index (κ1) is 19.4. The molecule has 7 nitrogen and oxygen atoms in total. The highest BCUT2D eigenvalue weighted by Crippen LogP contribution is 2.14. The molecule has 0 saturated carbocycles. The van der Waals surface area contributed by atoms with E-state index in [1.165, 1.54) is 18.4 Å². The molecule has 27 heavy (non-hydrogen) atoms. The molecule has 0 bridgehead atoms. The van der Waals surface area contributed by atoms with Crippen molar-refractivity contribution >= 4 is 23.5 Å². The van der Waals surface area contributed by atoms with Gasteiger partial charge in [0.25, 0.3) is 0 Å². The lowest BCUT2D eigenvalue weighted by atomic mass is 10.00. The second kappa shape index (κ2) is 8.99. The van der Waals surface area contributed by atoms with E-state index in [0.717, 1.165) is 36.7 Å². The van der Waals surface area contributed by atoms with Gasteiger partial charge in [0.15, 0.2) is 0 Å². The highest BCUT2D eigenvalue weighted by atomic mass is 16.2. The first-order chi connectivity index (χ1) is 13.0. The first-order valence-corrected chi connectivity index (χ1v) is 9.60. The summed E-state index contributed by atoms with van der Waals surface area (Å²) in [4.78, 5) is 21.4. The standard InChI is InChI=1S/C20H29N6O.4H2/c1-13-6-7-17(9-14(13)2)24-20(27)26-19-23-15(3)10-18(25-19)22-12-16-5-4-8-21-11-16;;;;/h6-7,9-10,15-16,21H,4-5,8,11-12H2,1-3H3,(H3,22,23,24,25,26,27);4*1H. The maximum absolute atomic E-state index is 12.3. The van der Waals surface area contributed by atoms with Gasteiger partial charge < -0.3 is 16.0 Å². The molecule has 153 valence electrons. The third kappa shape index (κ3) is 5.79. The molecule has 2 unspecified atom stereocenters. The van der Waals surface area contributed by atoms with Gasteiger partial charge in [-0.2, -0.15) is 0 Å². The minimum absolute atomic E-state index is 0. The molecule has 0 aliphatic carbocycles. The average Bonchev–Trinajstić information content (AvgIpc) is 2.63. The molecule has 1 saturated heterocycles. The van der Waals surface area contributed by atoms with Crippen molar-refractivity contribution < 1.29 is 10.5 Å². The zero-order chi connectivity index (χ0) is 19.2. The van der Waals surface area contributed by atoms with Crippen LogP contribution < -0.4 is 21.3 Å². The molecule has 1 fully saturated rings. The van der Waals surface area contributed by atoms with Crippen molar-refractivity contribution in [3.05, 3.63) is 35.7 Å². The van der Waals surface area contributed by atoms with Gasteiger partial charge >= 0.3 is 6.03 Å². The molecule has 4 N–H and O–H groups in total. The van der Waals surface area contributed by atoms with E-state index >= 15 is 0 Å². The van der Waals surface area contributed by atoms with Crippen LogP contribution in [0.5, 0.6) is 0 Å². The Bertz CT molecular complexity index is 753. The molecule has 2 aliphatic rings. The number of amides is 2. The summed E-state index contributed by atoms with van der Waals surface area (Å²) in [6.07, 6.45) is 4.38. The fourth-order valence-corrected chi connectivity index (χ4v) is 3.22. The number of guanidine groups is 1. The van der Waals surface area contributed by atoms with Gasteiger partial charge in [-0.05, 0) is 75.9 Å². The van der Waals surface area contributed by atoms with Gasteiger partial charge in [-0.1, -0.05) is 6.07 Å². The van der Waals surface area contributed by atoms with Crippen LogP contribution in [0.1, 0.15) is 36.6 Å². The minimum Gasteiger partial charge on any atom is -0.316 e. The van der Waals surface area contributed by atoms with Crippen LogP contribution in [0, 0.1) is 26.2 Å². The van der Waals surface area contributed by atoms with E-state index in [-0.39, 0.29) is 17.8 Å². The Hall–Kier alpha value is -2.41. The zero-order valence-electron chi connectivity index (χ0n) is 16.3. The highest BCUT2D eigenvalue weighted by Gasteiger charge is 2.19. The van der Waals surface area contributed by atoms with Gasteiger partial charge in [-0.25, -0.2) is 9.79 Å². The average molecular weight is 378 g/mol. The number of rotatable bonds is 3. The molecular weight excluding hydrogens is 340 g/mol. The lowest BCUT2D eigenvalue weighted by molar-refractivity contribution is 0.256. The van der Waals surface area contributed by atoms with Crippen LogP contribution in [0.25, 0.3) is 0 Å². The van der Waals surface area contributed by atoms with Crippen LogP contribution in [0.15, 0.2) is 28.2 Å². The predicted molar refractivity (Wildman–Crippen MR) is 119 cm³/mol. The molecule has 0 aromatic heterocycles. The number of aryl methyl sites for hydroxylation is 2. The number of anilines is 1. The molecule has 2 aliphatic heterocycles. The number of nitrogens with zero attached hydrogens (tertiary/aromatic N) is 2. The van der Waals surface area contributed by atoms with Crippen molar-refractivity contribution in [1.29, 1.82) is 0 Å². The summed E-state index contributed by atoms with van der Waals surface area (Å²) in [5.41, 5.74) is 3.08. The summed E-state index contributed by atoms with van der Waals surface area (Å²) in [6, 6.07) is 5.47. The lowest BCUT2D eigenvalue weighted by Crippen LogP contribution is -2.49. The number of amidine groups is 1. The van der Waals surface area contributed by atoms with E-state index in [2.05, 4.69) is 31.3 Å². The lowest BCUT2D eigenvalue weighted by Gasteiger charge is -2.24. The van der Waals surface area contributed by atoms with Crippen molar-refractivity contribution in [2.75, 3.05) is 25.0 Å². The Kier molecular flexibility index (Phi) is 6.45. The number of hydrogen-bond donors (Lipinski definition) is 4. The molecule has 2 atom stereocenters. The second-order valence-corrected chi connectivity index (χ2v) is 7.33. The molecular formula is C20H37N6O. The molecule has 2 amide bonds. The number of aliphatic imine (C=N–C) groups is 2. The van der Waals surface area contributed by atoms with Gasteiger partial charge in [-0.15, -0.1) is 0 Å². The molecule has 1 aromatic carbocycles. The number of piperidine rings is 1. The molecule has 7 heteroatoms. The van der Waals surface area contributed by atoms with E-state index < -0.39 is 0 Å². The minimum atomic E-state index is -0.325. The number of urea groups is 1. The maximum atomic E-state index is 12.3. The summed E-state index contributed by atoms with van der Waals surface area (Å²) in [7, 11) is 0. The molecule has 3 rings (SSSR count). The van der Waals surface area contributed by atoms with Gasteiger partial charge in [0.05, 0.1) is 12.5 Å². The highest BCUT2D eigenvalue weighted by molar-refractivity contribution is 6.12. The molecule has 1 radical (unpaired) electrons. The first-order valence-electron chi connectivity index (χ1n) is 9.60. The van der Waals surface area contributed by atoms with Crippen molar-refractivity contribution in [3.8, 4) is 0 Å². The molecule has 1 aromatic rings. The fourth-order valence-electron chi connectivity index (χ4n) is 3.22. The third-order valence-corrected chi connectivity index (χ3v) is 4.89. The fraction of sp³-hybridized carbons (Fsp3) is 0.500. The summed E-state index contributed by atoms with van der Waals surface area (Å²) in [5, 5.41) is 12.1. The van der Waals surface area contributed by atoms with Gasteiger partial charge in [0.1, 0.15) is 5.84 Å². The van der Waals surface area contributed by atoms with Crippen molar-refractivity contribution in [2.45, 2.75) is 39.7 Å². The third-order valence-electron chi connectivity index (χ3n) is 4.89. The normalized spacial score (nSPS) is 24.1. The van der Waals surface area contributed by atoms with Crippen molar-refractivity contribution in [2.24, 2.45) is 15.9 Å². The van der Waals surface area contributed by atoms with Gasteiger partial charge in [0, 0.05) is 17.9 Å².